The van der Waals surface area contributed by atoms with E-state index in [4.69, 9.17) is 4.74 Å². The average molecular weight is 421 g/mol. The van der Waals surface area contributed by atoms with Gasteiger partial charge in [-0.3, -0.25) is 9.20 Å². The van der Waals surface area contributed by atoms with E-state index in [-0.39, 0.29) is 5.56 Å². The Labute approximate surface area is 186 Å². The van der Waals surface area contributed by atoms with Crippen LogP contribution in [0, 0.1) is 5.92 Å². The van der Waals surface area contributed by atoms with Crippen LogP contribution in [0.5, 0.6) is 5.75 Å². The predicted octanol–water partition coefficient (Wildman–Crippen LogP) is 6.19. The van der Waals surface area contributed by atoms with Crippen molar-refractivity contribution >= 4 is 11.2 Å². The maximum Gasteiger partial charge on any atom is 0.255 e. The maximum absolute atomic E-state index is 13.0. The number of aryl methyl sites for hydroxylation is 1. The summed E-state index contributed by atoms with van der Waals surface area (Å²) >= 11 is 0. The van der Waals surface area contributed by atoms with Gasteiger partial charge in [0.15, 0.2) is 0 Å². The van der Waals surface area contributed by atoms with E-state index in [1.54, 1.807) is 17.6 Å². The molecule has 0 saturated carbocycles. The van der Waals surface area contributed by atoms with Gasteiger partial charge in [-0.1, -0.05) is 40.2 Å². The van der Waals surface area contributed by atoms with Crippen LogP contribution in [0.15, 0.2) is 53.5 Å². The molecule has 0 fully saturated rings. The molecule has 0 saturated heterocycles. The summed E-state index contributed by atoms with van der Waals surface area (Å²) < 4.78 is 7.22. The molecule has 166 valence electrons. The first kappa shape index (κ1) is 22.9. The highest BCUT2D eigenvalue weighted by Gasteiger charge is 2.12. The standard InChI is InChI=1S/C27H36N2O2/c1-6-9-20(4)18-28(14-7-2)25-12-11-24-16-23(17-27(30)29(24)19-25)22-10-13-26(31-5)21(8-3)15-22/h10-13,15-17,19-20H,6-9,14,18H2,1-5H3/t20-/m1/s1. The van der Waals surface area contributed by atoms with Gasteiger partial charge < -0.3 is 9.64 Å². The summed E-state index contributed by atoms with van der Waals surface area (Å²) in [4.78, 5) is 15.4. The van der Waals surface area contributed by atoms with Gasteiger partial charge in [0.05, 0.1) is 12.8 Å². The van der Waals surface area contributed by atoms with Gasteiger partial charge in [-0.05, 0) is 72.2 Å². The number of hydrogen-bond acceptors (Lipinski definition) is 3. The molecular weight excluding hydrogens is 384 g/mol. The zero-order valence-electron chi connectivity index (χ0n) is 19.6. The van der Waals surface area contributed by atoms with Crippen LogP contribution in [0.1, 0.15) is 52.5 Å². The number of rotatable bonds is 10. The molecule has 0 unspecified atom stereocenters. The number of ether oxygens (including phenoxy) is 1. The number of fused-ring (bicyclic) bond motifs is 1. The van der Waals surface area contributed by atoms with Crippen LogP contribution < -0.4 is 15.2 Å². The van der Waals surface area contributed by atoms with Gasteiger partial charge in [-0.25, -0.2) is 0 Å². The van der Waals surface area contributed by atoms with Gasteiger partial charge in [0.25, 0.3) is 5.56 Å². The van der Waals surface area contributed by atoms with Crippen LogP contribution in [0.4, 0.5) is 5.69 Å². The van der Waals surface area contributed by atoms with Crippen molar-refractivity contribution in [2.24, 2.45) is 5.92 Å². The van der Waals surface area contributed by atoms with E-state index in [1.165, 1.54) is 12.8 Å². The number of methoxy groups -OCH3 is 1. The van der Waals surface area contributed by atoms with Crippen LogP contribution in [0.3, 0.4) is 0 Å². The third-order valence-electron chi connectivity index (χ3n) is 5.95. The van der Waals surface area contributed by atoms with Crippen molar-refractivity contribution in [2.45, 2.75) is 53.4 Å². The van der Waals surface area contributed by atoms with Crippen molar-refractivity contribution < 1.29 is 4.74 Å². The fraction of sp³-hybridized carbons (Fsp3) is 0.444. The molecule has 3 aromatic rings. The first-order valence-corrected chi connectivity index (χ1v) is 11.6. The lowest BCUT2D eigenvalue weighted by Gasteiger charge is -2.28. The number of benzene rings is 1. The molecule has 0 spiro atoms. The molecule has 0 N–H and O–H groups in total. The molecule has 0 aliphatic heterocycles. The van der Waals surface area contributed by atoms with E-state index in [9.17, 15) is 4.79 Å². The van der Waals surface area contributed by atoms with E-state index in [0.29, 0.717) is 5.92 Å². The third-order valence-corrected chi connectivity index (χ3v) is 5.95. The number of hydrogen-bond donors (Lipinski definition) is 0. The van der Waals surface area contributed by atoms with Gasteiger partial charge in [-0.15, -0.1) is 0 Å². The van der Waals surface area contributed by atoms with Crippen LogP contribution in [-0.4, -0.2) is 24.6 Å². The second-order valence-corrected chi connectivity index (χ2v) is 8.48. The summed E-state index contributed by atoms with van der Waals surface area (Å²) in [7, 11) is 1.69. The van der Waals surface area contributed by atoms with Gasteiger partial charge >= 0.3 is 0 Å². The Balaban J connectivity index is 1.98. The van der Waals surface area contributed by atoms with Crippen molar-refractivity contribution in [2.75, 3.05) is 25.1 Å². The van der Waals surface area contributed by atoms with Crippen LogP contribution in [0.25, 0.3) is 16.6 Å². The number of pyridine rings is 2. The fourth-order valence-electron chi connectivity index (χ4n) is 4.36. The SMILES string of the molecule is CCC[C@@H](C)CN(CCC)c1ccc2cc(-c3ccc(OC)c(CC)c3)cc(=O)n2c1. The van der Waals surface area contributed by atoms with Crippen LogP contribution in [0.2, 0.25) is 0 Å². The van der Waals surface area contributed by atoms with Crippen molar-refractivity contribution in [3.05, 3.63) is 64.6 Å². The topological polar surface area (TPSA) is 34.0 Å². The Morgan fingerprint density at radius 3 is 2.48 bits per heavy atom. The van der Waals surface area contributed by atoms with Gasteiger partial charge in [0, 0.05) is 30.9 Å². The molecule has 0 aliphatic carbocycles. The van der Waals surface area contributed by atoms with Crippen molar-refractivity contribution in [3.8, 4) is 16.9 Å². The lowest BCUT2D eigenvalue weighted by molar-refractivity contribution is 0.410. The first-order chi connectivity index (χ1) is 15.0. The van der Waals surface area contributed by atoms with E-state index >= 15 is 0 Å². The Bertz CT molecular complexity index is 1070. The van der Waals surface area contributed by atoms with E-state index in [1.807, 2.05) is 18.3 Å². The van der Waals surface area contributed by atoms with Gasteiger partial charge in [0.2, 0.25) is 0 Å². The molecule has 0 bridgehead atoms. The Morgan fingerprint density at radius 2 is 1.81 bits per heavy atom. The normalized spacial score (nSPS) is 12.2. The zero-order valence-corrected chi connectivity index (χ0v) is 19.6. The minimum atomic E-state index is 0.00118. The molecule has 0 aliphatic rings. The molecule has 0 amide bonds. The lowest BCUT2D eigenvalue weighted by Crippen LogP contribution is -2.30. The Kier molecular flexibility index (Phi) is 7.78. The Morgan fingerprint density at radius 1 is 1.00 bits per heavy atom. The molecule has 2 aromatic heterocycles. The van der Waals surface area contributed by atoms with Crippen molar-refractivity contribution in [1.29, 1.82) is 0 Å². The summed E-state index contributed by atoms with van der Waals surface area (Å²) in [5, 5.41) is 0. The monoisotopic (exact) mass is 420 g/mol. The fourth-order valence-corrected chi connectivity index (χ4v) is 4.36. The Hall–Kier alpha value is -2.75. The third kappa shape index (κ3) is 5.30. The quantitative estimate of drug-likeness (QED) is 0.392. The second kappa shape index (κ2) is 10.5. The smallest absolute Gasteiger partial charge is 0.255 e. The summed E-state index contributed by atoms with van der Waals surface area (Å²) in [6.45, 7) is 10.9. The number of nitrogens with zero attached hydrogens (tertiary/aromatic N) is 2. The van der Waals surface area contributed by atoms with Crippen molar-refractivity contribution in [1.82, 2.24) is 4.40 Å². The molecule has 31 heavy (non-hydrogen) atoms. The summed E-state index contributed by atoms with van der Waals surface area (Å²) in [5.74, 6) is 1.52. The van der Waals surface area contributed by atoms with E-state index < -0.39 is 0 Å². The lowest BCUT2D eigenvalue weighted by atomic mass is 10.0. The summed E-state index contributed by atoms with van der Waals surface area (Å²) in [6, 6.07) is 14.2. The van der Waals surface area contributed by atoms with E-state index in [0.717, 1.165) is 59.6 Å². The maximum atomic E-state index is 13.0. The number of anilines is 1. The summed E-state index contributed by atoms with van der Waals surface area (Å²) in [6.07, 6.45) is 6.39. The van der Waals surface area contributed by atoms with Crippen LogP contribution >= 0.6 is 0 Å². The molecule has 4 heteroatoms. The molecule has 4 nitrogen and oxygen atoms in total. The molecule has 1 aromatic carbocycles. The molecule has 2 heterocycles. The molecular formula is C27H36N2O2. The highest BCUT2D eigenvalue weighted by molar-refractivity contribution is 5.71. The van der Waals surface area contributed by atoms with E-state index in [2.05, 4.69) is 56.9 Å². The predicted molar refractivity (Wildman–Crippen MR) is 132 cm³/mol. The molecule has 1 atom stereocenters. The second-order valence-electron chi connectivity index (χ2n) is 8.48. The minimum Gasteiger partial charge on any atom is -0.496 e. The van der Waals surface area contributed by atoms with Crippen molar-refractivity contribution in [3.63, 3.8) is 0 Å². The zero-order chi connectivity index (χ0) is 22.4. The summed E-state index contributed by atoms with van der Waals surface area (Å²) in [5.41, 5.74) is 5.16. The van der Waals surface area contributed by atoms with Gasteiger partial charge in [0.1, 0.15) is 5.75 Å². The van der Waals surface area contributed by atoms with Crippen LogP contribution in [-0.2, 0) is 6.42 Å². The highest BCUT2D eigenvalue weighted by Crippen LogP contribution is 2.28. The number of aromatic nitrogens is 1. The minimum absolute atomic E-state index is 0.00118. The first-order valence-electron chi connectivity index (χ1n) is 11.6. The molecule has 3 rings (SSSR count). The van der Waals surface area contributed by atoms with Gasteiger partial charge in [-0.2, -0.15) is 0 Å². The largest absolute Gasteiger partial charge is 0.496 e. The highest BCUT2D eigenvalue weighted by atomic mass is 16.5. The molecule has 0 radical (unpaired) electrons. The average Bonchev–Trinajstić information content (AvgIpc) is 2.78.